The van der Waals surface area contributed by atoms with Crippen molar-refractivity contribution in [3.05, 3.63) is 102 Å². The summed E-state index contributed by atoms with van der Waals surface area (Å²) in [5.74, 6) is 0.909. The monoisotopic (exact) mass is 467 g/mol. The topological polar surface area (TPSA) is 53.3 Å². The molecule has 1 aliphatic rings. The Hall–Kier alpha value is -3.71. The fourth-order valence-corrected chi connectivity index (χ4v) is 4.80. The molecular formula is C28H33N7. The Kier molecular flexibility index (Phi) is 7.04. The first kappa shape index (κ1) is 23.1. The minimum atomic E-state index is 0.00917. The number of benzene rings is 3. The summed E-state index contributed by atoms with van der Waals surface area (Å²) in [5.41, 5.74) is 4.98. The predicted octanol–water partition coefficient (Wildman–Crippen LogP) is 3.89. The highest BCUT2D eigenvalue weighted by molar-refractivity contribution is 5.48. The van der Waals surface area contributed by atoms with Crippen molar-refractivity contribution in [3.8, 4) is 0 Å². The molecule has 3 aromatic carbocycles. The third-order valence-corrected chi connectivity index (χ3v) is 6.79. The molecule has 1 atom stereocenters. The first-order chi connectivity index (χ1) is 17.2. The maximum atomic E-state index is 4.55. The summed E-state index contributed by atoms with van der Waals surface area (Å²) < 4.78 is 1.99. The predicted molar refractivity (Wildman–Crippen MR) is 141 cm³/mol. The van der Waals surface area contributed by atoms with Gasteiger partial charge in [0.25, 0.3) is 0 Å². The van der Waals surface area contributed by atoms with Gasteiger partial charge in [0.1, 0.15) is 0 Å². The molecule has 1 aliphatic heterocycles. The Morgan fingerprint density at radius 3 is 2.11 bits per heavy atom. The fraction of sp³-hybridized carbons (Fsp3) is 0.321. The second-order valence-electron chi connectivity index (χ2n) is 9.24. The number of hydrogen-bond donors (Lipinski definition) is 0. The summed E-state index contributed by atoms with van der Waals surface area (Å²) in [7, 11) is 4.14. The summed E-state index contributed by atoms with van der Waals surface area (Å²) in [4.78, 5) is 7.11. The van der Waals surface area contributed by atoms with E-state index in [1.54, 1.807) is 0 Å². The Balaban J connectivity index is 1.40. The van der Waals surface area contributed by atoms with Crippen molar-refractivity contribution < 1.29 is 0 Å². The summed E-state index contributed by atoms with van der Waals surface area (Å²) in [6, 6.07) is 30.0. The van der Waals surface area contributed by atoms with Gasteiger partial charge in [-0.05, 0) is 52.2 Å². The van der Waals surface area contributed by atoms with Crippen molar-refractivity contribution in [2.45, 2.75) is 19.0 Å². The van der Waals surface area contributed by atoms with E-state index in [9.17, 15) is 0 Å². The van der Waals surface area contributed by atoms with Crippen LogP contribution in [0.2, 0.25) is 0 Å². The summed E-state index contributed by atoms with van der Waals surface area (Å²) in [6.07, 6.45) is 0.896. The zero-order valence-electron chi connectivity index (χ0n) is 20.5. The van der Waals surface area contributed by atoms with Gasteiger partial charge in [0.05, 0.1) is 6.04 Å². The van der Waals surface area contributed by atoms with Crippen LogP contribution in [0.25, 0.3) is 0 Å². The van der Waals surface area contributed by atoms with Crippen molar-refractivity contribution in [3.63, 3.8) is 0 Å². The maximum absolute atomic E-state index is 4.55. The number of aromatic nitrogens is 4. The van der Waals surface area contributed by atoms with Crippen LogP contribution in [-0.4, -0.2) is 65.4 Å². The molecule has 0 bridgehead atoms. The molecule has 4 aromatic rings. The van der Waals surface area contributed by atoms with Crippen molar-refractivity contribution in [2.24, 2.45) is 0 Å². The van der Waals surface area contributed by atoms with E-state index in [-0.39, 0.29) is 6.04 Å². The molecule has 7 nitrogen and oxygen atoms in total. The van der Waals surface area contributed by atoms with Crippen LogP contribution in [0.1, 0.15) is 23.0 Å². The third-order valence-electron chi connectivity index (χ3n) is 6.79. The van der Waals surface area contributed by atoms with E-state index in [0.29, 0.717) is 0 Å². The lowest BCUT2D eigenvalue weighted by Gasteiger charge is -2.40. The van der Waals surface area contributed by atoms with Crippen LogP contribution >= 0.6 is 0 Å². The number of anilines is 2. The van der Waals surface area contributed by atoms with E-state index in [4.69, 9.17) is 0 Å². The van der Waals surface area contributed by atoms with Gasteiger partial charge in [-0.2, -0.15) is 0 Å². The van der Waals surface area contributed by atoms with E-state index in [1.807, 2.05) is 4.68 Å². The number of piperazine rings is 1. The molecule has 5 rings (SSSR count). The average Bonchev–Trinajstić information content (AvgIpc) is 3.37. The molecule has 1 fully saturated rings. The van der Waals surface area contributed by atoms with Crippen molar-refractivity contribution in [2.75, 3.05) is 50.1 Å². The van der Waals surface area contributed by atoms with Gasteiger partial charge in [0, 0.05) is 58.2 Å². The van der Waals surface area contributed by atoms with Crippen molar-refractivity contribution in [1.82, 2.24) is 25.1 Å². The van der Waals surface area contributed by atoms with Gasteiger partial charge in [0.15, 0.2) is 5.82 Å². The molecule has 180 valence electrons. The van der Waals surface area contributed by atoms with Gasteiger partial charge in [-0.15, -0.1) is 5.10 Å². The second-order valence-corrected chi connectivity index (χ2v) is 9.24. The molecule has 0 N–H and O–H groups in total. The first-order valence-electron chi connectivity index (χ1n) is 12.3. The fourth-order valence-electron chi connectivity index (χ4n) is 4.80. The Labute approximate surface area is 207 Å². The molecule has 0 radical (unpaired) electrons. The van der Waals surface area contributed by atoms with E-state index < -0.39 is 0 Å². The van der Waals surface area contributed by atoms with E-state index >= 15 is 0 Å². The molecule has 1 aromatic heterocycles. The van der Waals surface area contributed by atoms with E-state index in [0.717, 1.165) is 45.0 Å². The third kappa shape index (κ3) is 5.35. The van der Waals surface area contributed by atoms with Crippen LogP contribution in [-0.2, 0) is 13.0 Å². The van der Waals surface area contributed by atoms with Gasteiger partial charge in [-0.1, -0.05) is 60.7 Å². The van der Waals surface area contributed by atoms with Crippen molar-refractivity contribution >= 4 is 11.4 Å². The van der Waals surface area contributed by atoms with Crippen LogP contribution in [0.15, 0.2) is 84.9 Å². The normalized spacial score (nSPS) is 15.2. The lowest BCUT2D eigenvalue weighted by Crippen LogP contribution is -2.48. The van der Waals surface area contributed by atoms with Crippen LogP contribution < -0.4 is 9.80 Å². The zero-order chi connectivity index (χ0) is 24.0. The Morgan fingerprint density at radius 1 is 0.800 bits per heavy atom. The number of rotatable bonds is 8. The van der Waals surface area contributed by atoms with Crippen LogP contribution in [0.3, 0.4) is 0 Å². The SMILES string of the molecule is CN(C)c1ccc([C@H](c2nnnn2CCc2ccccc2)N2CCN(c3ccccc3)CC2)cc1. The molecule has 0 spiro atoms. The summed E-state index contributed by atoms with van der Waals surface area (Å²) >= 11 is 0. The maximum Gasteiger partial charge on any atom is 0.173 e. The number of tetrazole rings is 1. The van der Waals surface area contributed by atoms with Gasteiger partial charge >= 0.3 is 0 Å². The van der Waals surface area contributed by atoms with Crippen LogP contribution in [0, 0.1) is 0 Å². The molecule has 1 saturated heterocycles. The molecule has 7 heteroatoms. The van der Waals surface area contributed by atoms with Gasteiger partial charge in [0.2, 0.25) is 0 Å². The van der Waals surface area contributed by atoms with Gasteiger partial charge < -0.3 is 9.80 Å². The smallest absolute Gasteiger partial charge is 0.173 e. The molecule has 0 saturated carbocycles. The summed E-state index contributed by atoms with van der Waals surface area (Å²) in [6.45, 7) is 4.59. The minimum Gasteiger partial charge on any atom is -0.378 e. The highest BCUT2D eigenvalue weighted by atomic mass is 15.6. The highest BCUT2D eigenvalue weighted by Gasteiger charge is 2.30. The van der Waals surface area contributed by atoms with E-state index in [2.05, 4.69) is 129 Å². The van der Waals surface area contributed by atoms with Crippen LogP contribution in [0.5, 0.6) is 0 Å². The number of para-hydroxylation sites is 1. The second kappa shape index (κ2) is 10.7. The highest BCUT2D eigenvalue weighted by Crippen LogP contribution is 2.30. The molecule has 0 aliphatic carbocycles. The lowest BCUT2D eigenvalue weighted by atomic mass is 10.0. The number of aryl methyl sites for hydroxylation is 2. The molecular weight excluding hydrogens is 434 g/mol. The van der Waals surface area contributed by atoms with Crippen LogP contribution in [0.4, 0.5) is 11.4 Å². The lowest BCUT2D eigenvalue weighted by molar-refractivity contribution is 0.200. The average molecular weight is 468 g/mol. The number of hydrogen-bond acceptors (Lipinski definition) is 6. The largest absolute Gasteiger partial charge is 0.378 e. The zero-order valence-corrected chi connectivity index (χ0v) is 20.5. The van der Waals surface area contributed by atoms with E-state index in [1.165, 1.54) is 22.5 Å². The Morgan fingerprint density at radius 2 is 1.46 bits per heavy atom. The molecule has 0 unspecified atom stereocenters. The molecule has 35 heavy (non-hydrogen) atoms. The Bertz CT molecular complexity index is 1180. The summed E-state index contributed by atoms with van der Waals surface area (Å²) in [5, 5.41) is 13.0. The minimum absolute atomic E-state index is 0.00917. The van der Waals surface area contributed by atoms with Gasteiger partial charge in [-0.3, -0.25) is 4.90 Å². The molecule has 0 amide bonds. The van der Waals surface area contributed by atoms with Crippen molar-refractivity contribution in [1.29, 1.82) is 0 Å². The van der Waals surface area contributed by atoms with Gasteiger partial charge in [-0.25, -0.2) is 4.68 Å². The first-order valence-corrected chi connectivity index (χ1v) is 12.3. The standard InChI is InChI=1S/C28H33N7/c1-32(2)25-15-13-24(14-16-25)27(34-21-19-33(20-22-34)26-11-7-4-8-12-26)28-29-30-31-35(28)18-17-23-9-5-3-6-10-23/h3-16,27H,17-22H2,1-2H3/t27-/m1/s1. The molecule has 2 heterocycles. The quantitative estimate of drug-likeness (QED) is 0.392. The number of nitrogens with zero attached hydrogens (tertiary/aromatic N) is 7.